The lowest BCUT2D eigenvalue weighted by Gasteiger charge is -2.29. The minimum absolute atomic E-state index is 0.0692. The third-order valence-electron chi connectivity index (χ3n) is 2.72. The Morgan fingerprint density at radius 2 is 2.59 bits per heavy atom. The highest BCUT2D eigenvalue weighted by Crippen LogP contribution is 2.18. The first kappa shape index (κ1) is 12.6. The fourth-order valence-electron chi connectivity index (χ4n) is 1.90. The molecular weight excluding hydrogens is 288 g/mol. The van der Waals surface area contributed by atoms with Crippen LogP contribution in [0.15, 0.2) is 10.6 Å². The first-order valence-corrected chi connectivity index (χ1v) is 6.50. The summed E-state index contributed by atoms with van der Waals surface area (Å²) < 4.78 is 9.93. The van der Waals surface area contributed by atoms with Crippen LogP contribution < -0.4 is 0 Å². The summed E-state index contributed by atoms with van der Waals surface area (Å²) in [5, 5.41) is 3.77. The summed E-state index contributed by atoms with van der Waals surface area (Å²) in [6, 6.07) is 1.64. The Morgan fingerprint density at radius 1 is 1.76 bits per heavy atom. The second kappa shape index (κ2) is 5.64. The van der Waals surface area contributed by atoms with Crippen molar-refractivity contribution < 1.29 is 14.1 Å². The molecule has 1 unspecified atom stereocenters. The Hall–Kier alpha value is -0.880. The van der Waals surface area contributed by atoms with E-state index in [1.165, 1.54) is 0 Å². The minimum atomic E-state index is -0.0692. The summed E-state index contributed by atoms with van der Waals surface area (Å²) in [6.45, 7) is 1.85. The van der Waals surface area contributed by atoms with Crippen LogP contribution in [0, 0.1) is 0 Å². The lowest BCUT2D eigenvalue weighted by molar-refractivity contribution is 0.0719. The number of halogens is 1. The smallest absolute Gasteiger partial charge is 0.276 e. The zero-order valence-corrected chi connectivity index (χ0v) is 11.3. The van der Waals surface area contributed by atoms with Crippen LogP contribution in [0.4, 0.5) is 0 Å². The molecule has 5 nitrogen and oxygen atoms in total. The van der Waals surface area contributed by atoms with E-state index in [2.05, 4.69) is 21.1 Å². The van der Waals surface area contributed by atoms with Crippen LogP contribution in [-0.2, 0) is 11.3 Å². The van der Waals surface area contributed by atoms with E-state index in [9.17, 15) is 4.79 Å². The summed E-state index contributed by atoms with van der Waals surface area (Å²) >= 11 is 3.54. The molecule has 1 aromatic rings. The fourth-order valence-corrected chi connectivity index (χ4v) is 2.57. The Kier molecular flexibility index (Phi) is 4.17. The molecule has 17 heavy (non-hydrogen) atoms. The SMILES string of the molecule is COCc1cc(C(=O)N2CCCC(Br)C2)no1. The molecule has 1 fully saturated rings. The van der Waals surface area contributed by atoms with Gasteiger partial charge in [-0.15, -0.1) is 0 Å². The van der Waals surface area contributed by atoms with E-state index >= 15 is 0 Å². The topological polar surface area (TPSA) is 55.6 Å². The molecule has 2 heterocycles. The average Bonchev–Trinajstić information content (AvgIpc) is 2.77. The summed E-state index contributed by atoms with van der Waals surface area (Å²) in [6.07, 6.45) is 2.13. The predicted molar refractivity (Wildman–Crippen MR) is 65.1 cm³/mol. The number of carbonyl (C=O) groups excluding carboxylic acids is 1. The van der Waals surface area contributed by atoms with Gasteiger partial charge in [-0.25, -0.2) is 0 Å². The molecule has 0 radical (unpaired) electrons. The standard InChI is InChI=1S/C11H15BrN2O3/c1-16-7-9-5-10(13-17-9)11(15)14-4-2-3-8(12)6-14/h5,8H,2-4,6-7H2,1H3. The summed E-state index contributed by atoms with van der Waals surface area (Å²) in [5.74, 6) is 0.503. The average molecular weight is 303 g/mol. The highest BCUT2D eigenvalue weighted by Gasteiger charge is 2.25. The van der Waals surface area contributed by atoms with Crippen LogP contribution in [0.1, 0.15) is 29.1 Å². The van der Waals surface area contributed by atoms with Crippen molar-refractivity contribution in [3.05, 3.63) is 17.5 Å². The monoisotopic (exact) mass is 302 g/mol. The molecule has 6 heteroatoms. The number of likely N-dealkylation sites (tertiary alicyclic amines) is 1. The Morgan fingerprint density at radius 3 is 3.29 bits per heavy atom. The number of nitrogens with zero attached hydrogens (tertiary/aromatic N) is 2. The van der Waals surface area contributed by atoms with Crippen molar-refractivity contribution >= 4 is 21.8 Å². The van der Waals surface area contributed by atoms with Gasteiger partial charge in [0, 0.05) is 31.1 Å². The second-order valence-electron chi connectivity index (χ2n) is 4.10. The number of ether oxygens (including phenoxy) is 1. The van der Waals surface area contributed by atoms with Crippen molar-refractivity contribution in [3.8, 4) is 0 Å². The molecule has 0 bridgehead atoms. The van der Waals surface area contributed by atoms with Gasteiger partial charge in [0.2, 0.25) is 0 Å². The fraction of sp³-hybridized carbons (Fsp3) is 0.636. The van der Waals surface area contributed by atoms with Crippen LogP contribution in [0.25, 0.3) is 0 Å². The second-order valence-corrected chi connectivity index (χ2v) is 5.40. The number of amides is 1. The maximum absolute atomic E-state index is 12.1. The van der Waals surface area contributed by atoms with Crippen LogP contribution in [0.3, 0.4) is 0 Å². The summed E-state index contributed by atoms with van der Waals surface area (Å²) in [5.41, 5.74) is 0.360. The van der Waals surface area contributed by atoms with Gasteiger partial charge in [0.25, 0.3) is 5.91 Å². The lowest BCUT2D eigenvalue weighted by Crippen LogP contribution is -2.40. The Balaban J connectivity index is 2.02. The van der Waals surface area contributed by atoms with Gasteiger partial charge < -0.3 is 14.2 Å². The number of carbonyl (C=O) groups is 1. The van der Waals surface area contributed by atoms with Gasteiger partial charge in [-0.3, -0.25) is 4.79 Å². The van der Waals surface area contributed by atoms with Crippen molar-refractivity contribution in [3.63, 3.8) is 0 Å². The molecule has 0 N–H and O–H groups in total. The van der Waals surface area contributed by atoms with E-state index in [4.69, 9.17) is 9.26 Å². The van der Waals surface area contributed by atoms with E-state index in [1.54, 1.807) is 18.1 Å². The van der Waals surface area contributed by atoms with Gasteiger partial charge in [-0.1, -0.05) is 21.1 Å². The number of hydrogen-bond acceptors (Lipinski definition) is 4. The van der Waals surface area contributed by atoms with Gasteiger partial charge >= 0.3 is 0 Å². The van der Waals surface area contributed by atoms with Crippen molar-refractivity contribution in [2.45, 2.75) is 24.3 Å². The molecular formula is C11H15BrN2O3. The van der Waals surface area contributed by atoms with Gasteiger partial charge in [0.05, 0.1) is 0 Å². The zero-order valence-electron chi connectivity index (χ0n) is 9.69. The van der Waals surface area contributed by atoms with Crippen molar-refractivity contribution in [2.75, 3.05) is 20.2 Å². The molecule has 94 valence electrons. The van der Waals surface area contributed by atoms with E-state index in [0.717, 1.165) is 25.9 Å². The molecule has 0 saturated carbocycles. The van der Waals surface area contributed by atoms with E-state index in [-0.39, 0.29) is 5.91 Å². The number of methoxy groups -OCH3 is 1. The number of aromatic nitrogens is 1. The molecule has 1 saturated heterocycles. The van der Waals surface area contributed by atoms with Crippen LogP contribution in [-0.4, -0.2) is 41.0 Å². The molecule has 0 aliphatic carbocycles. The van der Waals surface area contributed by atoms with Crippen LogP contribution >= 0.6 is 15.9 Å². The molecule has 1 aliphatic rings. The van der Waals surface area contributed by atoms with E-state index in [0.29, 0.717) is 22.9 Å². The zero-order chi connectivity index (χ0) is 12.3. The first-order valence-electron chi connectivity index (χ1n) is 5.58. The molecule has 0 spiro atoms. The minimum Gasteiger partial charge on any atom is -0.377 e. The molecule has 1 amide bonds. The van der Waals surface area contributed by atoms with Gasteiger partial charge in [-0.2, -0.15) is 0 Å². The number of alkyl halides is 1. The van der Waals surface area contributed by atoms with Crippen molar-refractivity contribution in [1.29, 1.82) is 0 Å². The van der Waals surface area contributed by atoms with Gasteiger partial charge in [0.15, 0.2) is 11.5 Å². The first-order chi connectivity index (χ1) is 8.20. The summed E-state index contributed by atoms with van der Waals surface area (Å²) in [4.78, 5) is 14.3. The normalized spacial score (nSPS) is 20.6. The lowest BCUT2D eigenvalue weighted by atomic mass is 10.1. The molecule has 0 aromatic carbocycles. The van der Waals surface area contributed by atoms with Crippen molar-refractivity contribution in [1.82, 2.24) is 10.1 Å². The molecule has 1 aromatic heterocycles. The summed E-state index contributed by atoms with van der Waals surface area (Å²) in [7, 11) is 1.57. The number of piperidine rings is 1. The maximum Gasteiger partial charge on any atom is 0.276 e. The van der Waals surface area contributed by atoms with E-state index < -0.39 is 0 Å². The third kappa shape index (κ3) is 3.07. The number of hydrogen-bond donors (Lipinski definition) is 0. The Bertz CT molecular complexity index is 394. The van der Waals surface area contributed by atoms with Crippen LogP contribution in [0.2, 0.25) is 0 Å². The molecule has 1 atom stereocenters. The third-order valence-corrected chi connectivity index (χ3v) is 3.46. The molecule has 2 rings (SSSR count). The van der Waals surface area contributed by atoms with Gasteiger partial charge in [-0.05, 0) is 12.8 Å². The quantitative estimate of drug-likeness (QED) is 0.799. The molecule has 1 aliphatic heterocycles. The number of rotatable bonds is 3. The van der Waals surface area contributed by atoms with Crippen LogP contribution in [0.5, 0.6) is 0 Å². The maximum atomic E-state index is 12.1. The Labute approximate surface area is 108 Å². The predicted octanol–water partition coefficient (Wildman–Crippen LogP) is 1.82. The largest absolute Gasteiger partial charge is 0.377 e. The van der Waals surface area contributed by atoms with E-state index in [1.807, 2.05) is 0 Å². The highest BCUT2D eigenvalue weighted by atomic mass is 79.9. The highest BCUT2D eigenvalue weighted by molar-refractivity contribution is 9.09. The van der Waals surface area contributed by atoms with Crippen molar-refractivity contribution in [2.24, 2.45) is 0 Å². The van der Waals surface area contributed by atoms with Gasteiger partial charge in [0.1, 0.15) is 6.61 Å².